The van der Waals surface area contributed by atoms with Gasteiger partial charge in [-0.15, -0.1) is 0 Å². The van der Waals surface area contributed by atoms with Crippen LogP contribution in [0.5, 0.6) is 5.75 Å². The topological polar surface area (TPSA) is 82.6 Å². The number of rotatable bonds is 4. The van der Waals surface area contributed by atoms with Gasteiger partial charge in [-0.25, -0.2) is 0 Å². The van der Waals surface area contributed by atoms with E-state index in [1.165, 1.54) is 0 Å². The highest BCUT2D eigenvalue weighted by molar-refractivity contribution is 5.87. The van der Waals surface area contributed by atoms with Crippen LogP contribution in [0.15, 0.2) is 18.2 Å². The first-order valence-corrected chi connectivity index (χ1v) is 7.25. The van der Waals surface area contributed by atoms with Crippen LogP contribution in [-0.4, -0.2) is 40.5 Å². The van der Waals surface area contributed by atoms with Gasteiger partial charge in [0.05, 0.1) is 13.5 Å². The molecule has 22 heavy (non-hydrogen) atoms. The van der Waals surface area contributed by atoms with Crippen LogP contribution < -0.4 is 4.74 Å². The zero-order valence-electron chi connectivity index (χ0n) is 12.4. The maximum atomic E-state index is 12.1. The molecule has 0 radical (unpaired) electrons. The van der Waals surface area contributed by atoms with E-state index in [4.69, 9.17) is 9.84 Å². The Labute approximate surface area is 127 Å². The molecule has 1 aliphatic heterocycles. The van der Waals surface area contributed by atoms with E-state index in [0.717, 1.165) is 34.3 Å². The summed E-state index contributed by atoms with van der Waals surface area (Å²) < 4.78 is 5.26. The Balaban J connectivity index is 1.85. The molecule has 2 aromatic rings. The third kappa shape index (κ3) is 2.64. The second-order valence-electron chi connectivity index (χ2n) is 5.45. The zero-order valence-corrected chi connectivity index (χ0v) is 12.4. The Morgan fingerprint density at radius 2 is 2.18 bits per heavy atom. The molecule has 0 saturated heterocycles. The first-order chi connectivity index (χ1) is 10.6. The highest BCUT2D eigenvalue weighted by Gasteiger charge is 2.24. The largest absolute Gasteiger partial charge is 0.497 e. The van der Waals surface area contributed by atoms with E-state index >= 15 is 0 Å². The van der Waals surface area contributed by atoms with Crippen molar-refractivity contribution in [3.63, 3.8) is 0 Å². The molecule has 6 heteroatoms. The molecule has 0 atom stereocenters. The van der Waals surface area contributed by atoms with Crippen molar-refractivity contribution >= 4 is 22.8 Å². The number of carbonyl (C=O) groups excluding carboxylic acids is 1. The third-order valence-corrected chi connectivity index (χ3v) is 4.09. The lowest BCUT2D eigenvalue weighted by Crippen LogP contribution is -2.35. The number of aromatic nitrogens is 1. The van der Waals surface area contributed by atoms with Gasteiger partial charge in [0, 0.05) is 48.1 Å². The Bertz CT molecular complexity index is 735. The SMILES string of the molecule is COc1ccc2[nH]c3c(c2c1)CN(C(=O)CCC(=O)O)CC3. The first kappa shape index (κ1) is 14.4. The molecule has 1 amide bonds. The summed E-state index contributed by atoms with van der Waals surface area (Å²) >= 11 is 0. The number of nitrogens with zero attached hydrogens (tertiary/aromatic N) is 1. The van der Waals surface area contributed by atoms with Gasteiger partial charge in [0.25, 0.3) is 0 Å². The molecule has 0 unspecified atom stereocenters. The maximum Gasteiger partial charge on any atom is 0.303 e. The van der Waals surface area contributed by atoms with Crippen molar-refractivity contribution in [2.45, 2.75) is 25.8 Å². The molecule has 0 aliphatic carbocycles. The molecule has 3 rings (SSSR count). The number of nitrogens with one attached hydrogen (secondary N) is 1. The molecule has 0 saturated carbocycles. The van der Waals surface area contributed by atoms with Crippen molar-refractivity contribution in [2.75, 3.05) is 13.7 Å². The lowest BCUT2D eigenvalue weighted by Gasteiger charge is -2.27. The van der Waals surface area contributed by atoms with E-state index in [1.54, 1.807) is 12.0 Å². The van der Waals surface area contributed by atoms with E-state index in [0.29, 0.717) is 13.1 Å². The smallest absolute Gasteiger partial charge is 0.303 e. The first-order valence-electron chi connectivity index (χ1n) is 7.25. The highest BCUT2D eigenvalue weighted by Crippen LogP contribution is 2.30. The summed E-state index contributed by atoms with van der Waals surface area (Å²) in [6.07, 6.45) is 0.686. The molecular weight excluding hydrogens is 284 g/mol. The molecule has 1 aromatic carbocycles. The summed E-state index contributed by atoms with van der Waals surface area (Å²) in [7, 11) is 1.63. The molecule has 2 heterocycles. The van der Waals surface area contributed by atoms with Crippen LogP contribution in [0.2, 0.25) is 0 Å². The van der Waals surface area contributed by atoms with Gasteiger partial charge >= 0.3 is 5.97 Å². The number of hydrogen-bond acceptors (Lipinski definition) is 3. The predicted octanol–water partition coefficient (Wildman–Crippen LogP) is 1.93. The van der Waals surface area contributed by atoms with Gasteiger partial charge in [-0.1, -0.05) is 0 Å². The molecule has 2 N–H and O–H groups in total. The fraction of sp³-hybridized carbons (Fsp3) is 0.375. The Hall–Kier alpha value is -2.50. The fourth-order valence-corrected chi connectivity index (χ4v) is 2.91. The standard InChI is InChI=1S/C16H18N2O4/c1-22-10-2-3-13-11(8-10)12-9-18(7-6-14(12)17-13)15(19)4-5-16(20)21/h2-3,8,17H,4-7,9H2,1H3,(H,20,21). The number of H-pyrrole nitrogens is 1. The van der Waals surface area contributed by atoms with Gasteiger partial charge in [0.2, 0.25) is 5.91 Å². The summed E-state index contributed by atoms with van der Waals surface area (Å²) in [5.74, 6) is -0.267. The van der Waals surface area contributed by atoms with Crippen LogP contribution in [0.1, 0.15) is 24.1 Å². The summed E-state index contributed by atoms with van der Waals surface area (Å²) in [6.45, 7) is 1.14. The van der Waals surface area contributed by atoms with Crippen molar-refractivity contribution in [1.29, 1.82) is 0 Å². The van der Waals surface area contributed by atoms with Gasteiger partial charge < -0.3 is 19.7 Å². The highest BCUT2D eigenvalue weighted by atomic mass is 16.5. The van der Waals surface area contributed by atoms with E-state index in [1.807, 2.05) is 18.2 Å². The molecule has 6 nitrogen and oxygen atoms in total. The van der Waals surface area contributed by atoms with E-state index < -0.39 is 5.97 Å². The van der Waals surface area contributed by atoms with Crippen LogP contribution >= 0.6 is 0 Å². The minimum absolute atomic E-state index is 0.0519. The number of carboxylic acids is 1. The van der Waals surface area contributed by atoms with Crippen molar-refractivity contribution in [3.8, 4) is 5.75 Å². The minimum atomic E-state index is -0.942. The fourth-order valence-electron chi connectivity index (χ4n) is 2.91. The number of carboxylic acid groups (broad SMARTS) is 1. The number of carbonyl (C=O) groups is 2. The summed E-state index contributed by atoms with van der Waals surface area (Å²) in [6, 6.07) is 5.85. The number of amides is 1. The molecule has 116 valence electrons. The molecule has 1 aliphatic rings. The normalized spacial score (nSPS) is 14.0. The number of hydrogen-bond donors (Lipinski definition) is 2. The second kappa shape index (κ2) is 5.71. The number of methoxy groups -OCH3 is 1. The number of fused-ring (bicyclic) bond motifs is 3. The lowest BCUT2D eigenvalue weighted by molar-refractivity contribution is -0.141. The number of benzene rings is 1. The average Bonchev–Trinajstić information content (AvgIpc) is 2.89. The van der Waals surface area contributed by atoms with E-state index in [-0.39, 0.29) is 18.7 Å². The van der Waals surface area contributed by atoms with Gasteiger partial charge in [0.15, 0.2) is 0 Å². The van der Waals surface area contributed by atoms with Crippen LogP contribution in [0.25, 0.3) is 10.9 Å². The summed E-state index contributed by atoms with van der Waals surface area (Å²) in [4.78, 5) is 27.8. The summed E-state index contributed by atoms with van der Waals surface area (Å²) in [5, 5.41) is 9.76. The van der Waals surface area contributed by atoms with Crippen LogP contribution in [-0.2, 0) is 22.6 Å². The second-order valence-corrected chi connectivity index (χ2v) is 5.45. The third-order valence-electron chi connectivity index (χ3n) is 4.09. The van der Waals surface area contributed by atoms with Crippen molar-refractivity contribution < 1.29 is 19.4 Å². The zero-order chi connectivity index (χ0) is 15.7. The average molecular weight is 302 g/mol. The van der Waals surface area contributed by atoms with Crippen LogP contribution in [0.4, 0.5) is 0 Å². The quantitative estimate of drug-likeness (QED) is 0.904. The van der Waals surface area contributed by atoms with E-state index in [9.17, 15) is 9.59 Å². The molecule has 0 fully saturated rings. The molecule has 0 spiro atoms. The number of ether oxygens (including phenoxy) is 1. The van der Waals surface area contributed by atoms with Gasteiger partial charge in [-0.05, 0) is 18.2 Å². The predicted molar refractivity (Wildman–Crippen MR) is 80.8 cm³/mol. The van der Waals surface area contributed by atoms with Crippen LogP contribution in [0, 0.1) is 0 Å². The van der Waals surface area contributed by atoms with Crippen molar-refractivity contribution in [1.82, 2.24) is 9.88 Å². The molecule has 0 bridgehead atoms. The Kier molecular flexibility index (Phi) is 3.75. The van der Waals surface area contributed by atoms with E-state index in [2.05, 4.69) is 4.98 Å². The number of aromatic amines is 1. The van der Waals surface area contributed by atoms with Crippen molar-refractivity contribution in [2.24, 2.45) is 0 Å². The van der Waals surface area contributed by atoms with Gasteiger partial charge in [-0.3, -0.25) is 9.59 Å². The van der Waals surface area contributed by atoms with Crippen molar-refractivity contribution in [3.05, 3.63) is 29.5 Å². The lowest BCUT2D eigenvalue weighted by atomic mass is 10.0. The van der Waals surface area contributed by atoms with Gasteiger partial charge in [0.1, 0.15) is 5.75 Å². The summed E-state index contributed by atoms with van der Waals surface area (Å²) in [5.41, 5.74) is 3.28. The monoisotopic (exact) mass is 302 g/mol. The molecular formula is C16H18N2O4. The minimum Gasteiger partial charge on any atom is -0.497 e. The number of aliphatic carboxylic acids is 1. The maximum absolute atomic E-state index is 12.1. The Morgan fingerprint density at radius 3 is 2.91 bits per heavy atom. The molecule has 1 aromatic heterocycles. The van der Waals surface area contributed by atoms with Crippen LogP contribution in [0.3, 0.4) is 0 Å². The Morgan fingerprint density at radius 1 is 1.36 bits per heavy atom. The van der Waals surface area contributed by atoms with Gasteiger partial charge in [-0.2, -0.15) is 0 Å².